The van der Waals surface area contributed by atoms with E-state index in [1.54, 1.807) is 0 Å². The first kappa shape index (κ1) is 16.2. The Morgan fingerprint density at radius 1 is 1.11 bits per heavy atom. The normalized spacial score (nSPS) is 11.6. The highest BCUT2D eigenvalue weighted by Gasteiger charge is 2.22. The lowest BCUT2D eigenvalue weighted by Gasteiger charge is -2.19. The van der Waals surface area contributed by atoms with Crippen molar-refractivity contribution in [2.45, 2.75) is 26.3 Å². The van der Waals surface area contributed by atoms with Gasteiger partial charge in [-0.3, -0.25) is 9.59 Å². The zero-order valence-electron chi connectivity index (χ0n) is 11.1. The van der Waals surface area contributed by atoms with Crippen molar-refractivity contribution in [2.24, 2.45) is 5.92 Å². The third kappa shape index (κ3) is 6.72. The Kier molecular flexibility index (Phi) is 7.50. The number of hydrogen-bond donors (Lipinski definition) is 2. The second kappa shape index (κ2) is 8.32. The molecule has 18 heavy (non-hydrogen) atoms. The molecule has 0 fully saturated rings. The molecule has 0 rings (SSSR count). The minimum atomic E-state index is -0.734. The van der Waals surface area contributed by atoms with E-state index >= 15 is 0 Å². The molecular formula is C11H20N2O5. The molecule has 7 heteroatoms. The van der Waals surface area contributed by atoms with Gasteiger partial charge in [0.1, 0.15) is 12.6 Å². The van der Waals surface area contributed by atoms with Gasteiger partial charge in [-0.25, -0.2) is 4.79 Å². The lowest BCUT2D eigenvalue weighted by Crippen LogP contribution is -2.48. The predicted octanol–water partition coefficient (Wildman–Crippen LogP) is 0.0463. The van der Waals surface area contributed by atoms with Crippen LogP contribution in [-0.4, -0.2) is 44.8 Å². The monoisotopic (exact) mass is 260 g/mol. The molecule has 0 spiro atoms. The van der Waals surface area contributed by atoms with Crippen LogP contribution in [0.5, 0.6) is 0 Å². The molecule has 104 valence electrons. The standard InChI is InChI=1S/C11H20N2O5/c1-7(2)5-8(13-11(16)18-4)10(15)12-6-9(14)17-3/h7-8H,5-6H2,1-4H3,(H,12,15)(H,13,16). The van der Waals surface area contributed by atoms with Crippen LogP contribution in [0, 0.1) is 5.92 Å². The molecule has 0 aliphatic rings. The summed E-state index contributed by atoms with van der Waals surface area (Å²) in [5, 5.41) is 4.80. The maximum absolute atomic E-state index is 11.8. The summed E-state index contributed by atoms with van der Waals surface area (Å²) >= 11 is 0. The Labute approximate surface area is 106 Å². The highest BCUT2D eigenvalue weighted by atomic mass is 16.5. The lowest BCUT2D eigenvalue weighted by molar-refractivity contribution is -0.141. The van der Waals surface area contributed by atoms with Crippen LogP contribution in [0.15, 0.2) is 0 Å². The summed E-state index contributed by atoms with van der Waals surface area (Å²) < 4.78 is 8.84. The SMILES string of the molecule is COC(=O)CNC(=O)C(CC(C)C)NC(=O)OC. The van der Waals surface area contributed by atoms with E-state index in [9.17, 15) is 14.4 Å². The summed E-state index contributed by atoms with van der Waals surface area (Å²) in [7, 11) is 2.45. The van der Waals surface area contributed by atoms with Gasteiger partial charge in [-0.1, -0.05) is 13.8 Å². The van der Waals surface area contributed by atoms with Gasteiger partial charge < -0.3 is 20.1 Å². The summed E-state index contributed by atoms with van der Waals surface area (Å²) in [6, 6.07) is -0.734. The minimum absolute atomic E-state index is 0.205. The van der Waals surface area contributed by atoms with Crippen LogP contribution in [-0.2, 0) is 19.1 Å². The zero-order chi connectivity index (χ0) is 14.1. The van der Waals surface area contributed by atoms with Crippen LogP contribution in [0.3, 0.4) is 0 Å². The number of alkyl carbamates (subject to hydrolysis) is 1. The van der Waals surface area contributed by atoms with E-state index in [-0.39, 0.29) is 12.5 Å². The van der Waals surface area contributed by atoms with Crippen LogP contribution in [0.4, 0.5) is 4.79 Å². The van der Waals surface area contributed by atoms with E-state index in [2.05, 4.69) is 20.1 Å². The average Bonchev–Trinajstić information content (AvgIpc) is 2.33. The first-order chi connectivity index (χ1) is 8.40. The molecule has 0 radical (unpaired) electrons. The Balaban J connectivity index is 4.39. The molecule has 0 aromatic carbocycles. The lowest BCUT2D eigenvalue weighted by atomic mass is 10.0. The van der Waals surface area contributed by atoms with Crippen LogP contribution in [0.2, 0.25) is 0 Å². The number of rotatable bonds is 6. The van der Waals surface area contributed by atoms with Gasteiger partial charge in [0.2, 0.25) is 5.91 Å². The van der Waals surface area contributed by atoms with Gasteiger partial charge in [-0.15, -0.1) is 0 Å². The number of methoxy groups -OCH3 is 2. The van der Waals surface area contributed by atoms with Crippen LogP contribution in [0.1, 0.15) is 20.3 Å². The van der Waals surface area contributed by atoms with Crippen molar-refractivity contribution < 1.29 is 23.9 Å². The molecule has 2 N–H and O–H groups in total. The van der Waals surface area contributed by atoms with Crippen molar-refractivity contribution in [3.05, 3.63) is 0 Å². The molecule has 0 heterocycles. The first-order valence-electron chi connectivity index (χ1n) is 5.59. The molecular weight excluding hydrogens is 240 g/mol. The number of hydrogen-bond acceptors (Lipinski definition) is 5. The fourth-order valence-corrected chi connectivity index (χ4v) is 1.26. The number of ether oxygens (including phenoxy) is 2. The number of amides is 2. The number of nitrogens with one attached hydrogen (secondary N) is 2. The van der Waals surface area contributed by atoms with Crippen molar-refractivity contribution in [2.75, 3.05) is 20.8 Å². The molecule has 1 atom stereocenters. The van der Waals surface area contributed by atoms with Crippen molar-refractivity contribution in [1.82, 2.24) is 10.6 Å². The van der Waals surface area contributed by atoms with Crippen LogP contribution >= 0.6 is 0 Å². The summed E-state index contributed by atoms with van der Waals surface area (Å²) in [6.07, 6.45) is -0.240. The highest BCUT2D eigenvalue weighted by molar-refractivity contribution is 5.88. The van der Waals surface area contributed by atoms with E-state index in [1.807, 2.05) is 13.8 Å². The summed E-state index contributed by atoms with van der Waals surface area (Å²) in [6.45, 7) is 3.60. The number of carbonyl (C=O) groups is 3. The zero-order valence-corrected chi connectivity index (χ0v) is 11.1. The molecule has 0 saturated carbocycles. The Morgan fingerprint density at radius 2 is 1.72 bits per heavy atom. The maximum atomic E-state index is 11.8. The van der Waals surface area contributed by atoms with Crippen LogP contribution < -0.4 is 10.6 Å². The quantitative estimate of drug-likeness (QED) is 0.658. The fourth-order valence-electron chi connectivity index (χ4n) is 1.26. The third-order valence-corrected chi connectivity index (χ3v) is 2.14. The van der Waals surface area contributed by atoms with E-state index < -0.39 is 24.0 Å². The highest BCUT2D eigenvalue weighted by Crippen LogP contribution is 2.05. The average molecular weight is 260 g/mol. The number of carbonyl (C=O) groups excluding carboxylic acids is 3. The van der Waals surface area contributed by atoms with E-state index in [0.29, 0.717) is 6.42 Å². The largest absolute Gasteiger partial charge is 0.468 e. The molecule has 0 aromatic heterocycles. The fraction of sp³-hybridized carbons (Fsp3) is 0.727. The van der Waals surface area contributed by atoms with Crippen molar-refractivity contribution >= 4 is 18.0 Å². The van der Waals surface area contributed by atoms with Gasteiger partial charge in [0.05, 0.1) is 14.2 Å². The molecule has 0 aliphatic carbocycles. The van der Waals surface area contributed by atoms with Crippen molar-refractivity contribution in [3.63, 3.8) is 0 Å². The van der Waals surface area contributed by atoms with Crippen molar-refractivity contribution in [1.29, 1.82) is 0 Å². The summed E-state index contributed by atoms with van der Waals surface area (Å²) in [4.78, 5) is 33.7. The molecule has 2 amide bonds. The molecule has 0 aliphatic heterocycles. The Bertz CT molecular complexity index is 304. The van der Waals surface area contributed by atoms with E-state index in [4.69, 9.17) is 0 Å². The van der Waals surface area contributed by atoms with Crippen molar-refractivity contribution in [3.8, 4) is 0 Å². The van der Waals surface area contributed by atoms with Gasteiger partial charge in [0.15, 0.2) is 0 Å². The summed E-state index contributed by atoms with van der Waals surface area (Å²) in [5.74, 6) is -0.791. The van der Waals surface area contributed by atoms with E-state index in [0.717, 1.165) is 0 Å². The molecule has 1 unspecified atom stereocenters. The third-order valence-electron chi connectivity index (χ3n) is 2.14. The second-order valence-electron chi connectivity index (χ2n) is 4.11. The molecule has 0 saturated heterocycles. The minimum Gasteiger partial charge on any atom is -0.468 e. The van der Waals surface area contributed by atoms with Gasteiger partial charge in [-0.2, -0.15) is 0 Å². The topological polar surface area (TPSA) is 93.7 Å². The molecule has 0 bridgehead atoms. The van der Waals surface area contributed by atoms with E-state index in [1.165, 1.54) is 14.2 Å². The maximum Gasteiger partial charge on any atom is 0.407 e. The summed E-state index contributed by atoms with van der Waals surface area (Å²) in [5.41, 5.74) is 0. The predicted molar refractivity (Wildman–Crippen MR) is 63.8 cm³/mol. The Morgan fingerprint density at radius 3 is 2.17 bits per heavy atom. The second-order valence-corrected chi connectivity index (χ2v) is 4.11. The van der Waals surface area contributed by atoms with Gasteiger partial charge in [0, 0.05) is 0 Å². The molecule has 7 nitrogen and oxygen atoms in total. The van der Waals surface area contributed by atoms with Gasteiger partial charge in [-0.05, 0) is 12.3 Å². The molecule has 0 aromatic rings. The number of esters is 1. The Hall–Kier alpha value is -1.79. The first-order valence-corrected chi connectivity index (χ1v) is 5.59. The van der Waals surface area contributed by atoms with Crippen LogP contribution in [0.25, 0.3) is 0 Å². The van der Waals surface area contributed by atoms with Gasteiger partial charge in [0.25, 0.3) is 0 Å². The van der Waals surface area contributed by atoms with Gasteiger partial charge >= 0.3 is 12.1 Å². The smallest absolute Gasteiger partial charge is 0.407 e.